The van der Waals surface area contributed by atoms with Gasteiger partial charge in [-0.2, -0.15) is 0 Å². The molecule has 0 unspecified atom stereocenters. The van der Waals surface area contributed by atoms with Crippen molar-refractivity contribution in [3.63, 3.8) is 0 Å². The number of ether oxygens (including phenoxy) is 2. The predicted octanol–water partition coefficient (Wildman–Crippen LogP) is 4.82. The van der Waals surface area contributed by atoms with Crippen molar-refractivity contribution in [2.45, 2.75) is 26.7 Å². The normalized spacial score (nSPS) is 10.3. The fraction of sp³-hybridized carbons (Fsp3) is 0.316. The highest BCUT2D eigenvalue weighted by Gasteiger charge is 2.07. The molecule has 0 saturated heterocycles. The monoisotopic (exact) mass is 391 g/mol. The first-order valence-electron chi connectivity index (χ1n) is 8.06. The number of amides is 1. The molecular formula is C19H22BrNO3. The molecule has 0 atom stereocenters. The average molecular weight is 392 g/mol. The molecule has 0 aromatic heterocycles. The highest BCUT2D eigenvalue weighted by Crippen LogP contribution is 2.26. The number of anilines is 1. The van der Waals surface area contributed by atoms with E-state index in [0.29, 0.717) is 18.0 Å². The molecule has 0 aliphatic heterocycles. The number of carbonyl (C=O) groups excluding carboxylic acids is 1. The highest BCUT2D eigenvalue weighted by atomic mass is 79.9. The number of benzene rings is 2. The Morgan fingerprint density at radius 1 is 1.12 bits per heavy atom. The molecule has 0 aliphatic carbocycles. The third-order valence-electron chi connectivity index (χ3n) is 3.35. The van der Waals surface area contributed by atoms with Crippen LogP contribution in [0.4, 0.5) is 5.69 Å². The summed E-state index contributed by atoms with van der Waals surface area (Å²) in [4.78, 5) is 12.1. The zero-order chi connectivity index (χ0) is 17.4. The maximum atomic E-state index is 12.1. The van der Waals surface area contributed by atoms with Gasteiger partial charge in [-0.05, 0) is 58.6 Å². The molecule has 128 valence electrons. The number of rotatable bonds is 8. The van der Waals surface area contributed by atoms with E-state index in [1.165, 1.54) is 5.56 Å². The van der Waals surface area contributed by atoms with Crippen LogP contribution in [0.1, 0.15) is 25.8 Å². The molecule has 0 fully saturated rings. The molecule has 0 aliphatic rings. The molecule has 2 rings (SSSR count). The Kier molecular flexibility index (Phi) is 7.12. The first-order valence-corrected chi connectivity index (χ1v) is 8.85. The second kappa shape index (κ2) is 9.33. The van der Waals surface area contributed by atoms with Crippen molar-refractivity contribution >= 4 is 27.5 Å². The lowest BCUT2D eigenvalue weighted by Crippen LogP contribution is -2.20. The fourth-order valence-corrected chi connectivity index (χ4v) is 2.65. The lowest BCUT2D eigenvalue weighted by atomic mass is 10.2. The number of hydrogen-bond acceptors (Lipinski definition) is 3. The standard InChI is InChI=1S/C19H22BrNO3/c1-3-10-23-16-7-5-6-15(12-16)21-19(22)13-24-18-9-8-14(4-2)11-17(18)20/h5-9,11-12H,3-4,10,13H2,1-2H3,(H,21,22). The van der Waals surface area contributed by atoms with Crippen LogP contribution < -0.4 is 14.8 Å². The van der Waals surface area contributed by atoms with E-state index in [1.54, 1.807) is 6.07 Å². The first kappa shape index (κ1) is 18.3. The Morgan fingerprint density at radius 3 is 2.67 bits per heavy atom. The van der Waals surface area contributed by atoms with Crippen LogP contribution in [0.15, 0.2) is 46.9 Å². The van der Waals surface area contributed by atoms with Crippen molar-refractivity contribution in [1.29, 1.82) is 0 Å². The number of halogens is 1. The lowest BCUT2D eigenvalue weighted by molar-refractivity contribution is -0.118. The van der Waals surface area contributed by atoms with Gasteiger partial charge in [-0.25, -0.2) is 0 Å². The predicted molar refractivity (Wildman–Crippen MR) is 99.9 cm³/mol. The summed E-state index contributed by atoms with van der Waals surface area (Å²) in [6.07, 6.45) is 1.89. The van der Waals surface area contributed by atoms with Gasteiger partial charge in [0.05, 0.1) is 11.1 Å². The van der Waals surface area contributed by atoms with Gasteiger partial charge in [-0.15, -0.1) is 0 Å². The van der Waals surface area contributed by atoms with E-state index in [9.17, 15) is 4.79 Å². The van der Waals surface area contributed by atoms with Gasteiger partial charge in [0.1, 0.15) is 11.5 Å². The van der Waals surface area contributed by atoms with Crippen LogP contribution >= 0.6 is 15.9 Å². The largest absolute Gasteiger partial charge is 0.494 e. The highest BCUT2D eigenvalue weighted by molar-refractivity contribution is 9.10. The van der Waals surface area contributed by atoms with Crippen LogP contribution in [0.3, 0.4) is 0 Å². The molecule has 0 heterocycles. The van der Waals surface area contributed by atoms with Gasteiger partial charge in [0.15, 0.2) is 6.61 Å². The molecule has 0 spiro atoms. The molecule has 1 amide bonds. The van der Waals surface area contributed by atoms with Crippen LogP contribution in [0, 0.1) is 0 Å². The minimum atomic E-state index is -0.214. The van der Waals surface area contributed by atoms with Crippen molar-refractivity contribution in [3.8, 4) is 11.5 Å². The summed E-state index contributed by atoms with van der Waals surface area (Å²) in [6, 6.07) is 13.2. The van der Waals surface area contributed by atoms with E-state index >= 15 is 0 Å². The van der Waals surface area contributed by atoms with E-state index in [2.05, 4.69) is 28.2 Å². The summed E-state index contributed by atoms with van der Waals surface area (Å²) < 4.78 is 12.0. The minimum absolute atomic E-state index is 0.0515. The Labute approximate surface area is 151 Å². The number of nitrogens with one attached hydrogen (secondary N) is 1. The molecule has 0 bridgehead atoms. The number of hydrogen-bond donors (Lipinski definition) is 1. The van der Waals surface area contributed by atoms with Gasteiger partial charge in [0, 0.05) is 11.8 Å². The van der Waals surface area contributed by atoms with E-state index in [4.69, 9.17) is 9.47 Å². The maximum absolute atomic E-state index is 12.1. The first-order chi connectivity index (χ1) is 11.6. The molecule has 5 heteroatoms. The minimum Gasteiger partial charge on any atom is -0.494 e. The number of aryl methyl sites for hydroxylation is 1. The zero-order valence-corrected chi connectivity index (χ0v) is 15.6. The summed E-state index contributed by atoms with van der Waals surface area (Å²) in [6.45, 7) is 4.74. The summed E-state index contributed by atoms with van der Waals surface area (Å²) in [5.74, 6) is 1.19. The molecule has 1 N–H and O–H groups in total. The van der Waals surface area contributed by atoms with Gasteiger partial charge in [-0.1, -0.05) is 26.0 Å². The molecular weight excluding hydrogens is 370 g/mol. The van der Waals surface area contributed by atoms with E-state index in [0.717, 1.165) is 23.1 Å². The molecule has 4 nitrogen and oxygen atoms in total. The smallest absolute Gasteiger partial charge is 0.262 e. The maximum Gasteiger partial charge on any atom is 0.262 e. The third kappa shape index (κ3) is 5.57. The van der Waals surface area contributed by atoms with Gasteiger partial charge >= 0.3 is 0 Å². The van der Waals surface area contributed by atoms with Gasteiger partial charge in [0.2, 0.25) is 0 Å². The van der Waals surface area contributed by atoms with Crippen molar-refractivity contribution < 1.29 is 14.3 Å². The van der Waals surface area contributed by atoms with Crippen molar-refractivity contribution in [2.75, 3.05) is 18.5 Å². The lowest BCUT2D eigenvalue weighted by Gasteiger charge is -2.11. The SMILES string of the molecule is CCCOc1cccc(NC(=O)COc2ccc(CC)cc2Br)c1. The molecule has 24 heavy (non-hydrogen) atoms. The topological polar surface area (TPSA) is 47.6 Å². The van der Waals surface area contributed by atoms with Crippen LogP contribution in [0.5, 0.6) is 11.5 Å². The molecule has 0 saturated carbocycles. The van der Waals surface area contributed by atoms with E-state index < -0.39 is 0 Å². The van der Waals surface area contributed by atoms with Crippen molar-refractivity contribution in [3.05, 3.63) is 52.5 Å². The second-order valence-electron chi connectivity index (χ2n) is 5.33. The summed E-state index contributed by atoms with van der Waals surface area (Å²) >= 11 is 3.47. The van der Waals surface area contributed by atoms with Gasteiger partial charge < -0.3 is 14.8 Å². The Morgan fingerprint density at radius 2 is 1.96 bits per heavy atom. The van der Waals surface area contributed by atoms with Crippen LogP contribution in [0.2, 0.25) is 0 Å². The Hall–Kier alpha value is -2.01. The zero-order valence-electron chi connectivity index (χ0n) is 14.0. The Balaban J connectivity index is 1.89. The third-order valence-corrected chi connectivity index (χ3v) is 3.97. The fourth-order valence-electron chi connectivity index (χ4n) is 2.11. The molecule has 2 aromatic carbocycles. The quantitative estimate of drug-likeness (QED) is 0.701. The van der Waals surface area contributed by atoms with Gasteiger partial charge in [-0.3, -0.25) is 4.79 Å². The Bertz CT molecular complexity index is 688. The van der Waals surface area contributed by atoms with Crippen LogP contribution in [0.25, 0.3) is 0 Å². The summed E-state index contributed by atoms with van der Waals surface area (Å²) in [7, 11) is 0. The molecule has 2 aromatic rings. The van der Waals surface area contributed by atoms with E-state index in [-0.39, 0.29) is 12.5 Å². The number of carbonyl (C=O) groups is 1. The van der Waals surface area contributed by atoms with Crippen molar-refractivity contribution in [2.24, 2.45) is 0 Å². The average Bonchev–Trinajstić information content (AvgIpc) is 2.59. The van der Waals surface area contributed by atoms with Crippen LogP contribution in [-0.4, -0.2) is 19.1 Å². The summed E-state index contributed by atoms with van der Waals surface area (Å²) in [5, 5.41) is 2.81. The molecule has 0 radical (unpaired) electrons. The second-order valence-corrected chi connectivity index (χ2v) is 6.19. The van der Waals surface area contributed by atoms with Crippen LogP contribution in [-0.2, 0) is 11.2 Å². The van der Waals surface area contributed by atoms with E-state index in [1.807, 2.05) is 43.3 Å². The van der Waals surface area contributed by atoms with Gasteiger partial charge in [0.25, 0.3) is 5.91 Å². The summed E-state index contributed by atoms with van der Waals surface area (Å²) in [5.41, 5.74) is 1.90. The van der Waals surface area contributed by atoms with Crippen molar-refractivity contribution in [1.82, 2.24) is 0 Å².